The Kier molecular flexibility index (Phi) is 5.05. The van der Waals surface area contributed by atoms with E-state index in [1.54, 1.807) is 18.2 Å². The van der Waals surface area contributed by atoms with Gasteiger partial charge in [-0.15, -0.1) is 4.91 Å². The van der Waals surface area contributed by atoms with Gasteiger partial charge in [-0.25, -0.2) is 9.97 Å². The fourth-order valence-corrected chi connectivity index (χ4v) is 2.28. The van der Waals surface area contributed by atoms with Gasteiger partial charge in [-0.1, -0.05) is 26.8 Å². The van der Waals surface area contributed by atoms with Crippen molar-refractivity contribution in [1.82, 2.24) is 14.7 Å². The highest BCUT2D eigenvalue weighted by atomic mass is 32.2. The van der Waals surface area contributed by atoms with E-state index in [4.69, 9.17) is 0 Å². The van der Waals surface area contributed by atoms with Crippen LogP contribution in [0.25, 0.3) is 0 Å². The van der Waals surface area contributed by atoms with Gasteiger partial charge in [0.25, 0.3) is 5.91 Å². The maximum absolute atomic E-state index is 14.0. The van der Waals surface area contributed by atoms with Gasteiger partial charge in [0.2, 0.25) is 5.95 Å². The van der Waals surface area contributed by atoms with Gasteiger partial charge in [-0.2, -0.15) is 4.39 Å². The van der Waals surface area contributed by atoms with Gasteiger partial charge in [-0.05, 0) is 29.4 Å². The van der Waals surface area contributed by atoms with Gasteiger partial charge in [0, 0.05) is 23.1 Å². The van der Waals surface area contributed by atoms with E-state index in [0.29, 0.717) is 10.7 Å². The predicted octanol–water partition coefficient (Wildman–Crippen LogP) is 3.75. The van der Waals surface area contributed by atoms with Gasteiger partial charge in [-0.3, -0.25) is 9.52 Å². The zero-order chi connectivity index (χ0) is 17.0. The Bertz CT molecular complexity index is 746. The highest BCUT2D eigenvalue weighted by Gasteiger charge is 2.20. The molecule has 0 aliphatic carbocycles. The zero-order valence-electron chi connectivity index (χ0n) is 12.8. The van der Waals surface area contributed by atoms with Crippen LogP contribution in [0, 0.1) is 10.9 Å². The number of amides is 1. The summed E-state index contributed by atoms with van der Waals surface area (Å²) in [5.41, 5.74) is 0.0948. The van der Waals surface area contributed by atoms with E-state index in [0.717, 1.165) is 11.9 Å². The van der Waals surface area contributed by atoms with Crippen LogP contribution in [0.15, 0.2) is 40.5 Å². The first kappa shape index (κ1) is 17.0. The second-order valence-corrected chi connectivity index (χ2v) is 6.57. The molecule has 0 fully saturated rings. The number of rotatable bonds is 4. The molecule has 0 atom stereocenters. The Hall–Kier alpha value is -2.35. The number of hydrogen-bond donors (Lipinski definition) is 1. The molecule has 0 aromatic carbocycles. The summed E-state index contributed by atoms with van der Waals surface area (Å²) in [6.45, 7) is 5.72. The minimum atomic E-state index is -0.827. The van der Waals surface area contributed by atoms with E-state index < -0.39 is 11.9 Å². The van der Waals surface area contributed by atoms with Crippen molar-refractivity contribution in [2.45, 2.75) is 31.2 Å². The quantitative estimate of drug-likeness (QED) is 0.523. The zero-order valence-corrected chi connectivity index (χ0v) is 13.6. The maximum Gasteiger partial charge on any atom is 0.266 e. The van der Waals surface area contributed by atoms with Gasteiger partial charge in [0.05, 0.1) is 5.56 Å². The number of carbonyl (C=O) groups excluding carboxylic acids is 1. The molecule has 0 aliphatic rings. The molecule has 0 spiro atoms. The van der Waals surface area contributed by atoms with Crippen LogP contribution >= 0.6 is 11.9 Å². The Morgan fingerprint density at radius 1 is 1.22 bits per heavy atom. The van der Waals surface area contributed by atoms with Crippen LogP contribution in [-0.4, -0.2) is 15.9 Å². The van der Waals surface area contributed by atoms with Crippen LogP contribution in [0.4, 0.5) is 10.2 Å². The standard InChI is InChI=1S/C15H15FN4O2S/c1-15(2,3)10-8-7-9(13(16)17-10)14(21)20-23-12-6-4-5-11(18-12)19-22/h4-8H,1-3H3,(H,20,21). The predicted molar refractivity (Wildman–Crippen MR) is 85.9 cm³/mol. The maximum atomic E-state index is 14.0. The van der Waals surface area contributed by atoms with Crippen LogP contribution < -0.4 is 4.72 Å². The summed E-state index contributed by atoms with van der Waals surface area (Å²) in [4.78, 5) is 30.2. The van der Waals surface area contributed by atoms with Crippen molar-refractivity contribution in [1.29, 1.82) is 0 Å². The smallest absolute Gasteiger partial charge is 0.266 e. The highest BCUT2D eigenvalue weighted by molar-refractivity contribution is 7.97. The number of halogens is 1. The molecule has 1 amide bonds. The molecular formula is C15H15FN4O2S. The average molecular weight is 334 g/mol. The van der Waals surface area contributed by atoms with Crippen LogP contribution in [0.5, 0.6) is 0 Å². The first-order chi connectivity index (χ1) is 10.8. The molecule has 2 aromatic heterocycles. The van der Waals surface area contributed by atoms with Crippen molar-refractivity contribution >= 4 is 23.7 Å². The molecule has 0 saturated heterocycles. The van der Waals surface area contributed by atoms with Gasteiger partial charge in [0.1, 0.15) is 5.03 Å². The molecule has 2 heterocycles. The third-order valence-electron chi connectivity index (χ3n) is 2.91. The highest BCUT2D eigenvalue weighted by Crippen LogP contribution is 2.22. The molecule has 2 rings (SSSR count). The van der Waals surface area contributed by atoms with Crippen molar-refractivity contribution in [2.24, 2.45) is 5.18 Å². The SMILES string of the molecule is CC(C)(C)c1ccc(C(=O)NSc2cccc(N=O)n2)c(F)n1. The number of hydrogen-bond acceptors (Lipinski definition) is 6. The molecule has 0 unspecified atom stereocenters. The van der Waals surface area contributed by atoms with Crippen molar-refractivity contribution in [2.75, 3.05) is 0 Å². The van der Waals surface area contributed by atoms with Crippen molar-refractivity contribution in [3.8, 4) is 0 Å². The first-order valence-electron chi connectivity index (χ1n) is 6.76. The van der Waals surface area contributed by atoms with Gasteiger partial charge < -0.3 is 0 Å². The number of pyridine rings is 2. The molecule has 120 valence electrons. The van der Waals surface area contributed by atoms with Crippen molar-refractivity contribution in [3.63, 3.8) is 0 Å². The summed E-state index contributed by atoms with van der Waals surface area (Å²) in [5, 5.41) is 3.08. The van der Waals surface area contributed by atoms with Crippen molar-refractivity contribution in [3.05, 3.63) is 52.4 Å². The van der Waals surface area contributed by atoms with Gasteiger partial charge in [0.15, 0.2) is 5.82 Å². The number of nitrogens with zero attached hydrogens (tertiary/aromatic N) is 3. The Morgan fingerprint density at radius 2 is 1.96 bits per heavy atom. The molecule has 1 N–H and O–H groups in total. The second kappa shape index (κ2) is 6.82. The van der Waals surface area contributed by atoms with Crippen LogP contribution in [0.1, 0.15) is 36.8 Å². The number of nitroso groups, excluding NO2 is 1. The summed E-state index contributed by atoms with van der Waals surface area (Å²) in [7, 11) is 0. The van der Waals surface area contributed by atoms with E-state index in [2.05, 4.69) is 19.9 Å². The lowest BCUT2D eigenvalue weighted by Crippen LogP contribution is -2.20. The van der Waals surface area contributed by atoms with E-state index in [9.17, 15) is 14.1 Å². The summed E-state index contributed by atoms with van der Waals surface area (Å²) >= 11 is 0.867. The van der Waals surface area contributed by atoms with Crippen LogP contribution in [0.2, 0.25) is 0 Å². The molecule has 0 saturated carbocycles. The third-order valence-corrected chi connectivity index (χ3v) is 3.64. The average Bonchev–Trinajstić information content (AvgIpc) is 2.51. The molecule has 0 aliphatic heterocycles. The van der Waals surface area contributed by atoms with E-state index in [1.807, 2.05) is 20.8 Å². The van der Waals surface area contributed by atoms with Crippen molar-refractivity contribution < 1.29 is 9.18 Å². The summed E-state index contributed by atoms with van der Waals surface area (Å²) in [6, 6.07) is 7.64. The molecule has 2 aromatic rings. The third kappa shape index (κ3) is 4.32. The summed E-state index contributed by atoms with van der Waals surface area (Å²) in [6.07, 6.45) is 0. The van der Waals surface area contributed by atoms with E-state index in [-0.39, 0.29) is 16.8 Å². The van der Waals surface area contributed by atoms with Gasteiger partial charge >= 0.3 is 0 Å². The number of nitrogens with one attached hydrogen (secondary N) is 1. The lowest BCUT2D eigenvalue weighted by Gasteiger charge is -2.17. The minimum Gasteiger partial charge on any atom is -0.290 e. The number of aromatic nitrogens is 2. The monoisotopic (exact) mass is 334 g/mol. The second-order valence-electron chi connectivity index (χ2n) is 5.74. The van der Waals surface area contributed by atoms with E-state index >= 15 is 0 Å². The Morgan fingerprint density at radius 3 is 2.57 bits per heavy atom. The molecule has 6 nitrogen and oxygen atoms in total. The molecule has 8 heteroatoms. The molecule has 0 bridgehead atoms. The summed E-state index contributed by atoms with van der Waals surface area (Å²) in [5.74, 6) is -1.45. The summed E-state index contributed by atoms with van der Waals surface area (Å²) < 4.78 is 16.5. The lowest BCUT2D eigenvalue weighted by atomic mass is 9.91. The Labute approximate surface area is 137 Å². The van der Waals surface area contributed by atoms with Crippen LogP contribution in [-0.2, 0) is 5.41 Å². The molecular weight excluding hydrogens is 319 g/mol. The van der Waals surface area contributed by atoms with Crippen LogP contribution in [0.3, 0.4) is 0 Å². The first-order valence-corrected chi connectivity index (χ1v) is 7.57. The molecule has 23 heavy (non-hydrogen) atoms. The number of carbonyl (C=O) groups is 1. The fourth-order valence-electron chi connectivity index (χ4n) is 1.69. The normalized spacial score (nSPS) is 11.1. The Balaban J connectivity index is 2.10. The molecule has 0 radical (unpaired) electrons. The minimum absolute atomic E-state index is 0.00614. The topological polar surface area (TPSA) is 84.3 Å². The van der Waals surface area contributed by atoms with E-state index in [1.165, 1.54) is 12.1 Å². The fraction of sp³-hybridized carbons (Fsp3) is 0.267. The largest absolute Gasteiger partial charge is 0.290 e. The lowest BCUT2D eigenvalue weighted by molar-refractivity contribution is 0.0979.